The lowest BCUT2D eigenvalue weighted by Gasteiger charge is -2.13. The zero-order chi connectivity index (χ0) is 7.65. The Kier molecular flexibility index (Phi) is 2.40. The van der Waals surface area contributed by atoms with Crippen molar-refractivity contribution in [1.82, 2.24) is 0 Å². The van der Waals surface area contributed by atoms with Crippen LogP contribution in [0.5, 0.6) is 0 Å². The normalized spacial score (nSPS) is 16.3. The van der Waals surface area contributed by atoms with Crippen LogP contribution in [0.25, 0.3) is 0 Å². The summed E-state index contributed by atoms with van der Waals surface area (Å²) in [4.78, 5) is 0. The van der Waals surface area contributed by atoms with Gasteiger partial charge in [-0.15, -0.1) is 0 Å². The molecule has 1 unspecified atom stereocenters. The summed E-state index contributed by atoms with van der Waals surface area (Å²) in [6.45, 7) is 2.11. The summed E-state index contributed by atoms with van der Waals surface area (Å²) in [5, 5.41) is 0. The highest BCUT2D eigenvalue weighted by Crippen LogP contribution is 2.33. The van der Waals surface area contributed by atoms with Crippen molar-refractivity contribution in [3.05, 3.63) is 13.3 Å². The van der Waals surface area contributed by atoms with E-state index in [1.54, 1.807) is 0 Å². The maximum atomic E-state index is 11.4. The quantitative estimate of drug-likeness (QED) is 0.524. The molecule has 0 rings (SSSR count). The van der Waals surface area contributed by atoms with Crippen LogP contribution in [0, 0.1) is 13.3 Å². The van der Waals surface area contributed by atoms with Crippen LogP contribution in [0.2, 0.25) is 0 Å². The zero-order valence-corrected chi connectivity index (χ0v) is 4.17. The van der Waals surface area contributed by atoms with Crippen molar-refractivity contribution < 1.29 is 22.0 Å². The second kappa shape index (κ2) is 2.49. The molecule has 0 saturated heterocycles. The van der Waals surface area contributed by atoms with Crippen molar-refractivity contribution in [2.45, 2.75) is 12.1 Å². The standard InChI is InChI=1S/C4H3F5/c1-2(5)4(8,9)3(6)7/h2H,1H2. The lowest BCUT2D eigenvalue weighted by Crippen LogP contribution is -2.30. The Balaban J connectivity index is 4.01. The minimum Gasteiger partial charge on any atom is -0.241 e. The molecule has 0 fully saturated rings. The number of halogens is 5. The van der Waals surface area contributed by atoms with E-state index in [0.29, 0.717) is 0 Å². The van der Waals surface area contributed by atoms with Gasteiger partial charge < -0.3 is 0 Å². The van der Waals surface area contributed by atoms with Gasteiger partial charge in [-0.25, -0.2) is 4.39 Å². The Morgan fingerprint density at radius 1 is 1.33 bits per heavy atom. The monoisotopic (exact) mass is 146 g/mol. The van der Waals surface area contributed by atoms with Crippen molar-refractivity contribution in [3.8, 4) is 0 Å². The number of rotatable bonds is 2. The van der Waals surface area contributed by atoms with Gasteiger partial charge in [-0.2, -0.15) is 17.6 Å². The first-order chi connectivity index (χ1) is 3.89. The van der Waals surface area contributed by atoms with Gasteiger partial charge in [-0.1, -0.05) is 0 Å². The van der Waals surface area contributed by atoms with Crippen LogP contribution in [-0.2, 0) is 0 Å². The number of alkyl halides is 3. The molecular formula is C4H3F5. The molecule has 1 atom stereocenters. The average Bonchev–Trinajstić information content (AvgIpc) is 1.65. The average molecular weight is 146 g/mol. The topological polar surface area (TPSA) is 0 Å². The molecule has 0 aromatic carbocycles. The van der Waals surface area contributed by atoms with Crippen molar-refractivity contribution in [2.75, 3.05) is 0 Å². The van der Waals surface area contributed by atoms with E-state index >= 15 is 0 Å². The third-order valence-electron chi connectivity index (χ3n) is 0.645. The van der Waals surface area contributed by atoms with Gasteiger partial charge in [-0.05, 0) is 6.92 Å². The maximum Gasteiger partial charge on any atom is 0.381 e. The molecule has 0 amide bonds. The molecule has 0 aromatic rings. The van der Waals surface area contributed by atoms with Gasteiger partial charge >= 0.3 is 12.3 Å². The lowest BCUT2D eigenvalue weighted by atomic mass is 10.2. The Hall–Kier alpha value is -0.350. The first-order valence-corrected chi connectivity index (χ1v) is 1.92. The van der Waals surface area contributed by atoms with Gasteiger partial charge in [0.05, 0.1) is 0 Å². The fraction of sp³-hybridized carbons (Fsp3) is 0.500. The van der Waals surface area contributed by atoms with Gasteiger partial charge in [0.2, 0.25) is 0 Å². The van der Waals surface area contributed by atoms with Gasteiger partial charge in [0.15, 0.2) is 6.17 Å². The third-order valence-corrected chi connectivity index (χ3v) is 0.645. The van der Waals surface area contributed by atoms with E-state index in [9.17, 15) is 22.0 Å². The van der Waals surface area contributed by atoms with Gasteiger partial charge in [0.25, 0.3) is 0 Å². The summed E-state index contributed by atoms with van der Waals surface area (Å²) in [6.07, 6.45) is -6.33. The molecule has 5 heteroatoms. The molecule has 0 aliphatic carbocycles. The van der Waals surface area contributed by atoms with E-state index in [1.807, 2.05) is 0 Å². The molecule has 0 bridgehead atoms. The molecule has 0 aliphatic heterocycles. The van der Waals surface area contributed by atoms with Gasteiger partial charge in [-0.3, -0.25) is 0 Å². The molecule has 0 spiro atoms. The van der Waals surface area contributed by atoms with Crippen LogP contribution in [-0.4, -0.2) is 12.1 Å². The molecule has 0 saturated carbocycles. The molecule has 0 heterocycles. The van der Waals surface area contributed by atoms with Crippen LogP contribution < -0.4 is 0 Å². The first kappa shape index (κ1) is 8.65. The zero-order valence-electron chi connectivity index (χ0n) is 4.17. The van der Waals surface area contributed by atoms with E-state index in [-0.39, 0.29) is 0 Å². The van der Waals surface area contributed by atoms with Crippen molar-refractivity contribution in [2.24, 2.45) is 0 Å². The Morgan fingerprint density at radius 3 is 1.67 bits per heavy atom. The molecular weight excluding hydrogens is 143 g/mol. The smallest absolute Gasteiger partial charge is 0.241 e. The summed E-state index contributed by atoms with van der Waals surface area (Å²) in [7, 11) is 0. The molecule has 0 N–H and O–H groups in total. The molecule has 2 radical (unpaired) electrons. The highest BCUT2D eigenvalue weighted by molar-refractivity contribution is 4.91. The van der Waals surface area contributed by atoms with Crippen molar-refractivity contribution in [1.29, 1.82) is 0 Å². The second-order valence-electron chi connectivity index (χ2n) is 1.35. The maximum absolute atomic E-state index is 11.4. The van der Waals surface area contributed by atoms with Crippen LogP contribution in [0.3, 0.4) is 0 Å². The van der Waals surface area contributed by atoms with E-state index in [0.717, 1.165) is 0 Å². The minimum atomic E-state index is -4.69. The van der Waals surface area contributed by atoms with Gasteiger partial charge in [0.1, 0.15) is 0 Å². The fourth-order valence-electron chi connectivity index (χ4n) is 0.118. The summed E-state index contributed by atoms with van der Waals surface area (Å²) < 4.78 is 56.2. The summed E-state index contributed by atoms with van der Waals surface area (Å²) >= 11 is 0. The number of hydrogen-bond donors (Lipinski definition) is 0. The Morgan fingerprint density at radius 2 is 1.67 bits per heavy atom. The molecule has 54 valence electrons. The van der Waals surface area contributed by atoms with E-state index < -0.39 is 18.5 Å². The summed E-state index contributed by atoms with van der Waals surface area (Å²) in [5.41, 5.74) is 0. The highest BCUT2D eigenvalue weighted by atomic mass is 19.3. The minimum absolute atomic E-state index is 2.11. The lowest BCUT2D eigenvalue weighted by molar-refractivity contribution is -0.100. The van der Waals surface area contributed by atoms with Crippen LogP contribution in [0.4, 0.5) is 22.0 Å². The van der Waals surface area contributed by atoms with E-state index in [2.05, 4.69) is 6.92 Å². The Bertz CT molecular complexity index is 77.0. The van der Waals surface area contributed by atoms with E-state index in [1.165, 1.54) is 0 Å². The Labute approximate surface area is 48.7 Å². The summed E-state index contributed by atoms with van der Waals surface area (Å²) in [5.74, 6) is -4.69. The van der Waals surface area contributed by atoms with Crippen LogP contribution in [0.15, 0.2) is 0 Å². The third kappa shape index (κ3) is 1.80. The van der Waals surface area contributed by atoms with Crippen LogP contribution >= 0.6 is 0 Å². The SMILES string of the molecule is [CH2]C(F)C(F)(F)[C](F)F. The predicted octanol–water partition coefficient (Wildman–Crippen LogP) is 2.22. The second-order valence-corrected chi connectivity index (χ2v) is 1.35. The van der Waals surface area contributed by atoms with Gasteiger partial charge in [0, 0.05) is 0 Å². The fourth-order valence-corrected chi connectivity index (χ4v) is 0.118. The molecule has 0 aromatic heterocycles. The summed E-state index contributed by atoms with van der Waals surface area (Å²) in [6, 6.07) is 0. The van der Waals surface area contributed by atoms with E-state index in [4.69, 9.17) is 0 Å². The number of hydrogen-bond acceptors (Lipinski definition) is 0. The predicted molar refractivity (Wildman–Crippen MR) is 20.7 cm³/mol. The van der Waals surface area contributed by atoms with Crippen LogP contribution in [0.1, 0.15) is 0 Å². The largest absolute Gasteiger partial charge is 0.381 e. The first-order valence-electron chi connectivity index (χ1n) is 1.92. The molecule has 0 aliphatic rings. The van der Waals surface area contributed by atoms with Crippen molar-refractivity contribution >= 4 is 0 Å². The van der Waals surface area contributed by atoms with Crippen molar-refractivity contribution in [3.63, 3.8) is 0 Å². The molecule has 9 heavy (non-hydrogen) atoms. The highest BCUT2D eigenvalue weighted by Gasteiger charge is 2.48. The molecule has 0 nitrogen and oxygen atoms in total.